The van der Waals surface area contributed by atoms with Crippen molar-refractivity contribution in [3.63, 3.8) is 0 Å². The second kappa shape index (κ2) is 7.78. The Labute approximate surface area is 170 Å². The number of rotatable bonds is 7. The van der Waals surface area contributed by atoms with E-state index in [4.69, 9.17) is 14.5 Å². The summed E-state index contributed by atoms with van der Waals surface area (Å²) in [6, 6.07) is 12.1. The van der Waals surface area contributed by atoms with Crippen molar-refractivity contribution >= 4 is 22.1 Å². The average molecular weight is 393 g/mol. The van der Waals surface area contributed by atoms with Crippen LogP contribution >= 0.6 is 0 Å². The van der Waals surface area contributed by atoms with Crippen molar-refractivity contribution in [2.75, 3.05) is 13.7 Å². The second-order valence-corrected chi connectivity index (χ2v) is 7.85. The van der Waals surface area contributed by atoms with Gasteiger partial charge in [-0.3, -0.25) is 0 Å². The van der Waals surface area contributed by atoms with E-state index in [1.165, 1.54) is 0 Å². The fourth-order valence-corrected chi connectivity index (χ4v) is 3.66. The zero-order chi connectivity index (χ0) is 20.5. The number of H-pyrrole nitrogens is 1. The molecule has 2 aromatic carbocycles. The van der Waals surface area contributed by atoms with Crippen LogP contribution in [0.5, 0.6) is 11.5 Å². The molecule has 0 aliphatic carbocycles. The molecular formula is C23H28N4O2. The third-order valence-corrected chi connectivity index (χ3v) is 5.40. The molecule has 1 N–H and O–H groups in total. The van der Waals surface area contributed by atoms with E-state index in [-0.39, 0.29) is 5.92 Å². The number of nitrogens with zero attached hydrogens (tertiary/aromatic N) is 3. The minimum absolute atomic E-state index is 0.279. The number of hydrogen-bond donors (Lipinski definition) is 1. The van der Waals surface area contributed by atoms with E-state index in [0.717, 1.165) is 45.9 Å². The van der Waals surface area contributed by atoms with Gasteiger partial charge >= 0.3 is 0 Å². The predicted molar refractivity (Wildman–Crippen MR) is 116 cm³/mol. The average Bonchev–Trinajstić information content (AvgIpc) is 3.28. The van der Waals surface area contributed by atoms with Gasteiger partial charge in [0.1, 0.15) is 11.6 Å². The number of aryl methyl sites for hydroxylation is 1. The zero-order valence-electron chi connectivity index (χ0n) is 17.7. The minimum atomic E-state index is 0.279. The number of aromatic nitrogens is 4. The van der Waals surface area contributed by atoms with E-state index in [1.54, 1.807) is 7.11 Å². The molecule has 2 heterocycles. The largest absolute Gasteiger partial charge is 0.493 e. The molecule has 4 rings (SSSR count). The van der Waals surface area contributed by atoms with Gasteiger partial charge in [-0.25, -0.2) is 9.97 Å². The van der Waals surface area contributed by atoms with Crippen LogP contribution in [0.4, 0.5) is 0 Å². The van der Waals surface area contributed by atoms with Gasteiger partial charge in [-0.15, -0.1) is 0 Å². The lowest BCUT2D eigenvalue weighted by Gasteiger charge is -2.14. The van der Waals surface area contributed by atoms with Gasteiger partial charge in [0.25, 0.3) is 0 Å². The van der Waals surface area contributed by atoms with Crippen LogP contribution in [-0.2, 0) is 7.05 Å². The molecule has 1 atom stereocenters. The lowest BCUT2D eigenvalue weighted by atomic mass is 10.1. The van der Waals surface area contributed by atoms with Crippen molar-refractivity contribution in [3.05, 3.63) is 48.0 Å². The molecule has 6 heteroatoms. The third-order valence-electron chi connectivity index (χ3n) is 5.40. The number of nitrogens with one attached hydrogen (secondary N) is 1. The fourth-order valence-electron chi connectivity index (χ4n) is 3.66. The van der Waals surface area contributed by atoms with Crippen LogP contribution in [0.3, 0.4) is 0 Å². The molecule has 1 unspecified atom stereocenters. The molecule has 152 valence electrons. The molecule has 2 aromatic heterocycles. The summed E-state index contributed by atoms with van der Waals surface area (Å²) in [5, 5.41) is 0. The van der Waals surface area contributed by atoms with Gasteiger partial charge in [0.2, 0.25) is 0 Å². The van der Waals surface area contributed by atoms with Crippen LogP contribution < -0.4 is 9.47 Å². The summed E-state index contributed by atoms with van der Waals surface area (Å²) >= 11 is 0. The molecule has 0 aliphatic heterocycles. The van der Waals surface area contributed by atoms with Gasteiger partial charge < -0.3 is 19.0 Å². The van der Waals surface area contributed by atoms with E-state index < -0.39 is 0 Å². The van der Waals surface area contributed by atoms with Gasteiger partial charge in [-0.1, -0.05) is 32.9 Å². The molecule has 0 spiro atoms. The number of para-hydroxylation sites is 2. The number of fused-ring (bicyclic) bond motifs is 2. The number of methoxy groups -OCH3 is 1. The highest BCUT2D eigenvalue weighted by Gasteiger charge is 2.16. The van der Waals surface area contributed by atoms with Crippen LogP contribution in [0.15, 0.2) is 36.4 Å². The summed E-state index contributed by atoms with van der Waals surface area (Å²) in [6.07, 6.45) is 0.860. The van der Waals surface area contributed by atoms with Crippen molar-refractivity contribution in [2.45, 2.75) is 39.0 Å². The SMILES string of the molecule is COc1cc2nc(C(C)C)[nH]c2cc1OCCC(C)c1nc2ccccc2n1C. The molecular weight excluding hydrogens is 364 g/mol. The first kappa shape index (κ1) is 19.3. The molecule has 0 radical (unpaired) electrons. The summed E-state index contributed by atoms with van der Waals surface area (Å²) in [5.41, 5.74) is 4.05. The van der Waals surface area contributed by atoms with Gasteiger partial charge in [-0.05, 0) is 18.6 Å². The standard InChI is InChI=1S/C23H28N4O2/c1-14(2)22-24-17-12-20(28-5)21(13-18(17)25-22)29-11-10-15(3)23-26-16-8-6-7-9-19(16)27(23)4/h6-9,12-15H,10-11H2,1-5H3,(H,24,25). The van der Waals surface area contributed by atoms with Crippen LogP contribution in [0.2, 0.25) is 0 Å². The highest BCUT2D eigenvalue weighted by Crippen LogP contribution is 2.33. The Morgan fingerprint density at radius 1 is 1.03 bits per heavy atom. The predicted octanol–water partition coefficient (Wildman–Crippen LogP) is 5.15. The lowest BCUT2D eigenvalue weighted by molar-refractivity contribution is 0.280. The Bertz CT molecular complexity index is 1140. The maximum atomic E-state index is 6.10. The van der Waals surface area contributed by atoms with Crippen molar-refractivity contribution in [3.8, 4) is 11.5 Å². The van der Waals surface area contributed by atoms with Crippen LogP contribution in [0.25, 0.3) is 22.1 Å². The smallest absolute Gasteiger partial charge is 0.163 e. The van der Waals surface area contributed by atoms with E-state index >= 15 is 0 Å². The Morgan fingerprint density at radius 3 is 2.55 bits per heavy atom. The summed E-state index contributed by atoms with van der Waals surface area (Å²) in [4.78, 5) is 12.8. The summed E-state index contributed by atoms with van der Waals surface area (Å²) in [6.45, 7) is 7.01. The number of imidazole rings is 2. The van der Waals surface area contributed by atoms with Crippen LogP contribution in [-0.4, -0.2) is 33.2 Å². The van der Waals surface area contributed by atoms with Gasteiger partial charge in [0.05, 0.1) is 35.8 Å². The Morgan fingerprint density at radius 2 is 1.83 bits per heavy atom. The van der Waals surface area contributed by atoms with Gasteiger partial charge in [-0.2, -0.15) is 0 Å². The molecule has 0 bridgehead atoms. The first-order valence-electron chi connectivity index (χ1n) is 10.1. The lowest BCUT2D eigenvalue weighted by Crippen LogP contribution is -2.08. The molecule has 0 saturated heterocycles. The quantitative estimate of drug-likeness (QED) is 0.472. The highest BCUT2D eigenvalue weighted by atomic mass is 16.5. The zero-order valence-corrected chi connectivity index (χ0v) is 17.7. The van der Waals surface area contributed by atoms with Gasteiger partial charge in [0.15, 0.2) is 11.5 Å². The van der Waals surface area contributed by atoms with Crippen molar-refractivity contribution in [2.24, 2.45) is 7.05 Å². The second-order valence-electron chi connectivity index (χ2n) is 7.85. The summed E-state index contributed by atoms with van der Waals surface area (Å²) in [5.74, 6) is 4.10. The number of ether oxygens (including phenoxy) is 2. The molecule has 4 aromatic rings. The monoisotopic (exact) mass is 392 g/mol. The first-order chi connectivity index (χ1) is 14.0. The van der Waals surface area contributed by atoms with Crippen LogP contribution in [0.1, 0.15) is 50.7 Å². The van der Waals surface area contributed by atoms with E-state index in [9.17, 15) is 0 Å². The third kappa shape index (κ3) is 3.67. The maximum absolute atomic E-state index is 6.10. The molecule has 0 saturated carbocycles. The minimum Gasteiger partial charge on any atom is -0.493 e. The Hall–Kier alpha value is -3.02. The Balaban J connectivity index is 1.49. The topological polar surface area (TPSA) is 65.0 Å². The highest BCUT2D eigenvalue weighted by molar-refractivity contribution is 5.80. The number of benzene rings is 2. The first-order valence-corrected chi connectivity index (χ1v) is 10.1. The van der Waals surface area contributed by atoms with E-state index in [1.807, 2.05) is 24.3 Å². The van der Waals surface area contributed by atoms with Crippen molar-refractivity contribution in [1.82, 2.24) is 19.5 Å². The fraction of sp³-hybridized carbons (Fsp3) is 0.391. The summed E-state index contributed by atoms with van der Waals surface area (Å²) < 4.78 is 13.8. The van der Waals surface area contributed by atoms with E-state index in [0.29, 0.717) is 18.3 Å². The molecule has 0 fully saturated rings. The van der Waals surface area contributed by atoms with Gasteiger partial charge in [0, 0.05) is 31.0 Å². The molecule has 6 nitrogen and oxygen atoms in total. The van der Waals surface area contributed by atoms with Crippen LogP contribution in [0, 0.1) is 0 Å². The number of aromatic amines is 1. The summed E-state index contributed by atoms with van der Waals surface area (Å²) in [7, 11) is 3.73. The maximum Gasteiger partial charge on any atom is 0.163 e. The van der Waals surface area contributed by atoms with Crippen molar-refractivity contribution < 1.29 is 9.47 Å². The number of hydrogen-bond acceptors (Lipinski definition) is 4. The molecule has 29 heavy (non-hydrogen) atoms. The Kier molecular flexibility index (Phi) is 5.18. The molecule has 0 aliphatic rings. The van der Waals surface area contributed by atoms with Crippen molar-refractivity contribution in [1.29, 1.82) is 0 Å². The molecule has 0 amide bonds. The normalized spacial score (nSPS) is 12.8. The van der Waals surface area contributed by atoms with E-state index in [2.05, 4.69) is 54.5 Å².